The van der Waals surface area contributed by atoms with Crippen LogP contribution >= 0.6 is 0 Å². The van der Waals surface area contributed by atoms with Crippen LogP contribution in [0.5, 0.6) is 0 Å². The molecule has 0 N–H and O–H groups in total. The molecule has 0 bridgehead atoms. The van der Waals surface area contributed by atoms with Gasteiger partial charge in [-0.2, -0.15) is 0 Å². The Balaban J connectivity index is 3.24. The molecule has 0 spiro atoms. The maximum Gasteiger partial charge on any atom is 0.325 e. The number of ether oxygens (including phenoxy) is 1. The molecule has 1 aromatic carbocycles. The van der Waals surface area contributed by atoms with E-state index in [1.807, 2.05) is 0 Å². The lowest BCUT2D eigenvalue weighted by Crippen LogP contribution is -2.41. The van der Waals surface area contributed by atoms with Gasteiger partial charge in [0.2, 0.25) is 0 Å². The Bertz CT molecular complexity index is 568. The zero-order valence-corrected chi connectivity index (χ0v) is 12.5. The second kappa shape index (κ2) is 6.83. The molecule has 0 radical (unpaired) electrons. The molecule has 0 aliphatic carbocycles. The lowest BCUT2D eigenvalue weighted by Gasteiger charge is -2.25. The molecule has 0 heterocycles. The number of nitrogens with zero attached hydrogens (tertiary/aromatic N) is 2. The van der Waals surface area contributed by atoms with E-state index in [9.17, 15) is 19.7 Å². The van der Waals surface area contributed by atoms with Crippen LogP contribution in [-0.2, 0) is 9.53 Å². The highest BCUT2D eigenvalue weighted by Gasteiger charge is 2.29. The van der Waals surface area contributed by atoms with Crippen LogP contribution < -0.4 is 0 Å². The summed E-state index contributed by atoms with van der Waals surface area (Å²) in [6.45, 7) is 4.76. The van der Waals surface area contributed by atoms with Crippen LogP contribution in [0.25, 0.3) is 0 Å². The first kappa shape index (κ1) is 16.6. The van der Waals surface area contributed by atoms with Gasteiger partial charge in [0.25, 0.3) is 11.6 Å². The van der Waals surface area contributed by atoms with Crippen molar-refractivity contribution in [2.75, 3.05) is 13.7 Å². The number of nitro groups is 1. The number of benzene rings is 1. The molecule has 1 aromatic rings. The van der Waals surface area contributed by atoms with Crippen LogP contribution in [-0.4, -0.2) is 41.4 Å². The SMILES string of the molecule is COC(=O)CN(C(=O)c1cccc(C)c1[N+](=O)[O-])C(C)C. The highest BCUT2D eigenvalue weighted by atomic mass is 16.6. The van der Waals surface area contributed by atoms with Crippen molar-refractivity contribution in [3.63, 3.8) is 0 Å². The predicted molar refractivity (Wildman–Crippen MR) is 76.0 cm³/mol. The third-order valence-electron chi connectivity index (χ3n) is 3.06. The molecule has 7 nitrogen and oxygen atoms in total. The van der Waals surface area contributed by atoms with Crippen LogP contribution in [0.1, 0.15) is 29.8 Å². The summed E-state index contributed by atoms with van der Waals surface area (Å²) < 4.78 is 4.55. The predicted octanol–water partition coefficient (Wildman–Crippen LogP) is 1.93. The van der Waals surface area contributed by atoms with E-state index < -0.39 is 16.8 Å². The van der Waals surface area contributed by atoms with E-state index in [-0.39, 0.29) is 23.8 Å². The molecular weight excluding hydrogens is 276 g/mol. The van der Waals surface area contributed by atoms with E-state index in [4.69, 9.17) is 0 Å². The van der Waals surface area contributed by atoms with Gasteiger partial charge >= 0.3 is 5.97 Å². The average Bonchev–Trinajstić information content (AvgIpc) is 2.42. The molecule has 0 atom stereocenters. The summed E-state index contributed by atoms with van der Waals surface area (Å²) in [4.78, 5) is 35.7. The van der Waals surface area contributed by atoms with Crippen LogP contribution in [0.4, 0.5) is 5.69 Å². The summed E-state index contributed by atoms with van der Waals surface area (Å²) in [7, 11) is 1.22. The van der Waals surface area contributed by atoms with E-state index in [0.29, 0.717) is 5.56 Å². The summed E-state index contributed by atoms with van der Waals surface area (Å²) >= 11 is 0. The van der Waals surface area contributed by atoms with Gasteiger partial charge < -0.3 is 9.64 Å². The summed E-state index contributed by atoms with van der Waals surface area (Å²) in [5.41, 5.74) is 0.128. The van der Waals surface area contributed by atoms with E-state index in [2.05, 4.69) is 4.74 Å². The number of aryl methyl sites for hydroxylation is 1. The van der Waals surface area contributed by atoms with Crippen molar-refractivity contribution in [3.8, 4) is 0 Å². The van der Waals surface area contributed by atoms with Gasteiger partial charge in [-0.15, -0.1) is 0 Å². The second-order valence-corrected chi connectivity index (χ2v) is 4.83. The van der Waals surface area contributed by atoms with Crippen LogP contribution in [0.2, 0.25) is 0 Å². The topological polar surface area (TPSA) is 89.8 Å². The molecule has 0 unspecified atom stereocenters. The maximum atomic E-state index is 12.5. The minimum absolute atomic E-state index is 0.0300. The highest BCUT2D eigenvalue weighted by molar-refractivity contribution is 6.00. The monoisotopic (exact) mass is 294 g/mol. The lowest BCUT2D eigenvalue weighted by atomic mass is 10.1. The zero-order chi connectivity index (χ0) is 16.2. The normalized spacial score (nSPS) is 10.3. The summed E-state index contributed by atoms with van der Waals surface area (Å²) in [6, 6.07) is 4.23. The Kier molecular flexibility index (Phi) is 5.40. The maximum absolute atomic E-state index is 12.5. The lowest BCUT2D eigenvalue weighted by molar-refractivity contribution is -0.385. The van der Waals surface area contributed by atoms with Crippen molar-refractivity contribution in [1.29, 1.82) is 0 Å². The van der Waals surface area contributed by atoms with Crippen LogP contribution in [0.3, 0.4) is 0 Å². The summed E-state index contributed by atoms with van der Waals surface area (Å²) in [6.07, 6.45) is 0. The highest BCUT2D eigenvalue weighted by Crippen LogP contribution is 2.25. The standard InChI is InChI=1S/C14H18N2O5/c1-9(2)15(8-12(17)21-4)14(18)11-7-5-6-10(3)13(11)16(19)20/h5-7,9H,8H2,1-4H3. The fourth-order valence-electron chi connectivity index (χ4n) is 1.92. The Labute approximate surface area is 122 Å². The third kappa shape index (κ3) is 3.77. The first-order valence-electron chi connectivity index (χ1n) is 6.41. The average molecular weight is 294 g/mol. The largest absolute Gasteiger partial charge is 0.468 e. The van der Waals surface area contributed by atoms with Crippen LogP contribution in [0, 0.1) is 17.0 Å². The Hall–Kier alpha value is -2.44. The third-order valence-corrected chi connectivity index (χ3v) is 3.06. The number of esters is 1. The Morgan fingerprint density at radius 1 is 1.38 bits per heavy atom. The molecule has 1 amide bonds. The van der Waals surface area contributed by atoms with E-state index in [1.165, 1.54) is 18.1 Å². The molecule has 0 saturated carbocycles. The van der Waals surface area contributed by atoms with Gasteiger partial charge in [-0.25, -0.2) is 0 Å². The fraction of sp³-hybridized carbons (Fsp3) is 0.429. The quantitative estimate of drug-likeness (QED) is 0.470. The number of carbonyl (C=O) groups is 2. The van der Waals surface area contributed by atoms with E-state index in [1.54, 1.807) is 32.9 Å². The number of rotatable bonds is 5. The number of nitro benzene ring substituents is 1. The Morgan fingerprint density at radius 3 is 2.48 bits per heavy atom. The van der Waals surface area contributed by atoms with Gasteiger partial charge in [0.15, 0.2) is 0 Å². The number of amides is 1. The molecule has 7 heteroatoms. The fourth-order valence-corrected chi connectivity index (χ4v) is 1.92. The molecule has 0 aliphatic heterocycles. The number of methoxy groups -OCH3 is 1. The van der Waals surface area contributed by atoms with Gasteiger partial charge in [-0.05, 0) is 26.8 Å². The first-order chi connectivity index (χ1) is 9.79. The van der Waals surface area contributed by atoms with Gasteiger partial charge in [0.05, 0.1) is 12.0 Å². The molecule has 0 aliphatic rings. The van der Waals surface area contributed by atoms with Crippen LogP contribution in [0.15, 0.2) is 18.2 Å². The number of hydrogen-bond donors (Lipinski definition) is 0. The van der Waals surface area contributed by atoms with Crippen molar-refractivity contribution < 1.29 is 19.2 Å². The second-order valence-electron chi connectivity index (χ2n) is 4.83. The minimum atomic E-state index is -0.584. The van der Waals surface area contributed by atoms with Crippen molar-refractivity contribution in [3.05, 3.63) is 39.4 Å². The molecule has 21 heavy (non-hydrogen) atoms. The molecule has 0 aromatic heterocycles. The van der Waals surface area contributed by atoms with Crippen molar-refractivity contribution in [2.24, 2.45) is 0 Å². The first-order valence-corrected chi connectivity index (χ1v) is 6.41. The van der Waals surface area contributed by atoms with E-state index in [0.717, 1.165) is 0 Å². The molecule has 0 saturated heterocycles. The zero-order valence-electron chi connectivity index (χ0n) is 12.5. The number of para-hydroxylation sites is 1. The van der Waals surface area contributed by atoms with Crippen molar-refractivity contribution >= 4 is 17.6 Å². The van der Waals surface area contributed by atoms with Gasteiger partial charge in [0.1, 0.15) is 12.1 Å². The van der Waals surface area contributed by atoms with E-state index >= 15 is 0 Å². The van der Waals surface area contributed by atoms with Gasteiger partial charge in [-0.1, -0.05) is 12.1 Å². The Morgan fingerprint density at radius 2 is 2.00 bits per heavy atom. The molecule has 114 valence electrons. The van der Waals surface area contributed by atoms with Crippen molar-refractivity contribution in [2.45, 2.75) is 26.8 Å². The summed E-state index contributed by atoms with van der Waals surface area (Å²) in [5, 5.41) is 11.2. The van der Waals surface area contributed by atoms with Gasteiger partial charge in [0, 0.05) is 11.6 Å². The van der Waals surface area contributed by atoms with Gasteiger partial charge in [-0.3, -0.25) is 19.7 Å². The smallest absolute Gasteiger partial charge is 0.325 e. The number of hydrogen-bond acceptors (Lipinski definition) is 5. The molecular formula is C14H18N2O5. The summed E-state index contributed by atoms with van der Waals surface area (Å²) in [5.74, 6) is -1.14. The molecule has 0 fully saturated rings. The minimum Gasteiger partial charge on any atom is -0.468 e. The molecule has 1 rings (SSSR count). The van der Waals surface area contributed by atoms with Crippen molar-refractivity contribution in [1.82, 2.24) is 4.90 Å². The number of carbonyl (C=O) groups excluding carboxylic acids is 2.